The summed E-state index contributed by atoms with van der Waals surface area (Å²) in [6.45, 7) is 7.66. The highest BCUT2D eigenvalue weighted by molar-refractivity contribution is 5.38. The Bertz CT molecular complexity index is 520. The third kappa shape index (κ3) is 6.15. The molecule has 1 heterocycles. The van der Waals surface area contributed by atoms with Crippen LogP contribution in [0.25, 0.3) is 0 Å². The van der Waals surface area contributed by atoms with Crippen molar-refractivity contribution >= 4 is 0 Å². The Hall–Kier alpha value is -1.06. The molecule has 0 radical (unpaired) electrons. The molecule has 1 fully saturated rings. The number of hydrogen-bond donors (Lipinski definition) is 0. The number of benzene rings is 1. The summed E-state index contributed by atoms with van der Waals surface area (Å²) >= 11 is 0. The molecule has 0 amide bonds. The van der Waals surface area contributed by atoms with Gasteiger partial charge in [0.2, 0.25) is 0 Å². The van der Waals surface area contributed by atoms with Crippen LogP contribution in [0.5, 0.6) is 5.75 Å². The molecule has 130 valence electrons. The molecule has 1 aliphatic heterocycles. The molecule has 0 aromatic carbocycles. The van der Waals surface area contributed by atoms with E-state index in [-0.39, 0.29) is 0 Å². The maximum Gasteiger partial charge on any atom is 0.127 e. The Morgan fingerprint density at radius 1 is 1.04 bits per heavy atom. The average molecular weight is 320 g/mol. The normalized spacial score (nSPS) is 18.1. The van der Waals surface area contributed by atoms with E-state index in [1.165, 1.54) is 49.0 Å². The zero-order valence-corrected chi connectivity index (χ0v) is 14.8. The fourth-order valence-corrected chi connectivity index (χ4v) is 2.70. The van der Waals surface area contributed by atoms with Crippen LogP contribution in [0.15, 0.2) is 18.2 Å². The van der Waals surface area contributed by atoms with Crippen molar-refractivity contribution in [3.63, 3.8) is 0 Å². The Labute approximate surface area is 140 Å². The quantitative estimate of drug-likeness (QED) is 0.619. The van der Waals surface area contributed by atoms with Gasteiger partial charge in [0, 0.05) is 5.22 Å². The number of unbranched alkanes of at least 4 members (excludes halogenated alkanes) is 4. The van der Waals surface area contributed by atoms with Gasteiger partial charge < -0.3 is 14.2 Å². The minimum atomic E-state index is 0.385. The van der Waals surface area contributed by atoms with Gasteiger partial charge in [-0.1, -0.05) is 58.1 Å². The van der Waals surface area contributed by atoms with Gasteiger partial charge in [0.1, 0.15) is 5.75 Å². The molecule has 0 bridgehead atoms. The van der Waals surface area contributed by atoms with E-state index in [1.54, 1.807) is 0 Å². The lowest BCUT2D eigenvalue weighted by Crippen LogP contribution is -2.28. The number of hydrogen-bond acceptors (Lipinski definition) is 3. The largest absolute Gasteiger partial charge is 0.493 e. The van der Waals surface area contributed by atoms with Crippen molar-refractivity contribution in [1.29, 1.82) is 0 Å². The van der Waals surface area contributed by atoms with E-state index in [9.17, 15) is 0 Å². The lowest BCUT2D eigenvalue weighted by Gasteiger charge is -2.22. The Morgan fingerprint density at radius 2 is 1.91 bits per heavy atom. The van der Waals surface area contributed by atoms with Crippen LogP contribution in [0.2, 0.25) is 0 Å². The van der Waals surface area contributed by atoms with Gasteiger partial charge in [-0.3, -0.25) is 0 Å². The minimum Gasteiger partial charge on any atom is -0.493 e. The minimum absolute atomic E-state index is 0.385. The van der Waals surface area contributed by atoms with E-state index in [4.69, 9.17) is 14.2 Å². The standard InChI is InChI=1S/C10H20O2.C10H12O/c1-2-3-4-5-6-10-9-11-7-8-12-10;1-2-3-6-11-10-7-8-4-5-9(8)10/h10H,2-9H2,1H3;4-5,7H,2-3,6H2,1H3. The predicted octanol–water partition coefficient (Wildman–Crippen LogP) is 4.84. The van der Waals surface area contributed by atoms with E-state index in [0.717, 1.165) is 38.6 Å². The maximum atomic E-state index is 5.53. The molecular weight excluding hydrogens is 288 g/mol. The second kappa shape index (κ2) is 10.7. The van der Waals surface area contributed by atoms with E-state index >= 15 is 0 Å². The molecule has 3 nitrogen and oxygen atoms in total. The molecule has 1 unspecified atom stereocenters. The van der Waals surface area contributed by atoms with Crippen molar-refractivity contribution in [2.24, 2.45) is 0 Å². The zero-order chi connectivity index (χ0) is 16.3. The first kappa shape index (κ1) is 18.3. The van der Waals surface area contributed by atoms with E-state index in [2.05, 4.69) is 32.0 Å². The fraction of sp³-hybridized carbons (Fsp3) is 0.700. The second-order valence-electron chi connectivity index (χ2n) is 6.33. The van der Waals surface area contributed by atoms with Gasteiger partial charge in [-0.25, -0.2) is 0 Å². The summed E-state index contributed by atoms with van der Waals surface area (Å²) in [5.41, 5.74) is 0. The molecule has 0 N–H and O–H groups in total. The van der Waals surface area contributed by atoms with Gasteiger partial charge in [-0.2, -0.15) is 0 Å². The second-order valence-corrected chi connectivity index (χ2v) is 6.33. The summed E-state index contributed by atoms with van der Waals surface area (Å²) in [5.74, 6) is 1.09. The maximum absolute atomic E-state index is 5.53. The first-order valence-corrected chi connectivity index (χ1v) is 9.31. The van der Waals surface area contributed by atoms with Crippen LogP contribution >= 0.6 is 0 Å². The Morgan fingerprint density at radius 3 is 2.48 bits per heavy atom. The highest BCUT2D eigenvalue weighted by Gasteiger charge is 2.12. The average Bonchev–Trinajstić information content (AvgIpc) is 2.57. The van der Waals surface area contributed by atoms with Gasteiger partial charge in [0.15, 0.2) is 0 Å². The van der Waals surface area contributed by atoms with Gasteiger partial charge >= 0.3 is 0 Å². The first-order valence-electron chi connectivity index (χ1n) is 9.31. The van der Waals surface area contributed by atoms with Crippen molar-refractivity contribution in [1.82, 2.24) is 0 Å². The van der Waals surface area contributed by atoms with Crippen molar-refractivity contribution < 1.29 is 14.2 Å². The third-order valence-electron chi connectivity index (χ3n) is 4.31. The molecule has 0 saturated carbocycles. The molecule has 3 aliphatic rings. The van der Waals surface area contributed by atoms with Crippen molar-refractivity contribution in [2.45, 2.75) is 64.9 Å². The summed E-state index contributed by atoms with van der Waals surface area (Å²) < 4.78 is 16.4. The van der Waals surface area contributed by atoms with Crippen LogP contribution in [-0.2, 0) is 9.47 Å². The molecule has 3 heteroatoms. The number of rotatable bonds is 9. The van der Waals surface area contributed by atoms with E-state index < -0.39 is 0 Å². The highest BCUT2D eigenvalue weighted by Crippen LogP contribution is 2.23. The Kier molecular flexibility index (Phi) is 8.48. The molecule has 23 heavy (non-hydrogen) atoms. The van der Waals surface area contributed by atoms with Crippen LogP contribution in [-0.4, -0.2) is 32.5 Å². The van der Waals surface area contributed by atoms with Gasteiger partial charge in [0.25, 0.3) is 0 Å². The summed E-state index contributed by atoms with van der Waals surface area (Å²) in [6, 6.07) is 6.32. The monoisotopic (exact) mass is 320 g/mol. The van der Waals surface area contributed by atoms with Crippen molar-refractivity contribution in [3.05, 3.63) is 28.6 Å². The smallest absolute Gasteiger partial charge is 0.127 e. The lowest BCUT2D eigenvalue weighted by molar-refractivity contribution is -0.0912. The molecule has 3 rings (SSSR count). The fourth-order valence-electron chi connectivity index (χ4n) is 2.70. The van der Waals surface area contributed by atoms with Crippen LogP contribution in [0.1, 0.15) is 58.8 Å². The van der Waals surface area contributed by atoms with Crippen LogP contribution in [0, 0.1) is 10.4 Å². The molecule has 1 saturated heterocycles. The molecule has 0 aromatic rings. The highest BCUT2D eigenvalue weighted by atomic mass is 16.6. The zero-order valence-electron chi connectivity index (χ0n) is 14.8. The first-order chi connectivity index (χ1) is 11.3. The number of ether oxygens (including phenoxy) is 3. The summed E-state index contributed by atoms with van der Waals surface area (Å²) in [5, 5.41) is 2.68. The predicted molar refractivity (Wildman–Crippen MR) is 93.8 cm³/mol. The van der Waals surface area contributed by atoms with Crippen molar-refractivity contribution in [3.8, 4) is 5.75 Å². The summed E-state index contributed by atoms with van der Waals surface area (Å²) in [7, 11) is 0. The van der Waals surface area contributed by atoms with Crippen LogP contribution in [0.3, 0.4) is 0 Å². The summed E-state index contributed by atoms with van der Waals surface area (Å²) in [6.07, 6.45) is 9.22. The molecule has 0 spiro atoms. The third-order valence-corrected chi connectivity index (χ3v) is 4.31. The topological polar surface area (TPSA) is 27.7 Å². The molecule has 2 aliphatic carbocycles. The molecular formula is C20H32O3. The lowest BCUT2D eigenvalue weighted by atomic mass is 10.1. The van der Waals surface area contributed by atoms with Gasteiger partial charge in [0.05, 0.1) is 32.5 Å². The molecule has 0 aromatic heterocycles. The van der Waals surface area contributed by atoms with E-state index in [1.807, 2.05) is 0 Å². The molecule has 1 atom stereocenters. The summed E-state index contributed by atoms with van der Waals surface area (Å²) in [4.78, 5) is 0. The van der Waals surface area contributed by atoms with Crippen molar-refractivity contribution in [2.75, 3.05) is 26.4 Å². The van der Waals surface area contributed by atoms with Crippen LogP contribution in [0.4, 0.5) is 0 Å². The van der Waals surface area contributed by atoms with Gasteiger partial charge in [-0.05, 0) is 24.1 Å². The van der Waals surface area contributed by atoms with Gasteiger partial charge in [-0.15, -0.1) is 0 Å². The van der Waals surface area contributed by atoms with E-state index in [0.29, 0.717) is 6.10 Å². The Balaban J connectivity index is 0.000000167. The SMILES string of the molecule is CCCCCCC1COCCO1.CCCCOc1cc2ccc1=2. The van der Waals surface area contributed by atoms with Crippen LogP contribution < -0.4 is 4.74 Å².